The van der Waals surface area contributed by atoms with Crippen molar-refractivity contribution in [1.82, 2.24) is 10.6 Å². The Balaban J connectivity index is 1.64. The highest BCUT2D eigenvalue weighted by atomic mass is 32.1. The molecule has 7 heteroatoms. The molecule has 0 aliphatic carbocycles. The van der Waals surface area contributed by atoms with E-state index in [0.717, 1.165) is 20.9 Å². The van der Waals surface area contributed by atoms with Crippen LogP contribution in [0.4, 0.5) is 0 Å². The van der Waals surface area contributed by atoms with Gasteiger partial charge in [-0.1, -0.05) is 6.07 Å². The SMILES string of the molecule is O=C1NC(=S)N/C1=C/c1ccc(-c2ccc3c(c2)COC3=O)s1. The molecule has 2 N–H and O–H groups in total. The van der Waals surface area contributed by atoms with Crippen molar-refractivity contribution in [2.24, 2.45) is 0 Å². The minimum Gasteiger partial charge on any atom is -0.457 e. The van der Waals surface area contributed by atoms with Gasteiger partial charge in [0.15, 0.2) is 5.11 Å². The number of esters is 1. The fourth-order valence-electron chi connectivity index (χ4n) is 2.50. The predicted octanol–water partition coefficient (Wildman–Crippen LogP) is 2.43. The van der Waals surface area contributed by atoms with Crippen LogP contribution in [-0.2, 0) is 16.1 Å². The molecule has 0 unspecified atom stereocenters. The first-order valence-electron chi connectivity index (χ1n) is 6.84. The average Bonchev–Trinajstić information content (AvgIpc) is 3.21. The second kappa shape index (κ2) is 5.29. The maximum Gasteiger partial charge on any atom is 0.338 e. The third-order valence-electron chi connectivity index (χ3n) is 3.60. The number of fused-ring (bicyclic) bond motifs is 1. The van der Waals surface area contributed by atoms with Gasteiger partial charge >= 0.3 is 5.97 Å². The summed E-state index contributed by atoms with van der Waals surface area (Å²) in [6.07, 6.45) is 1.77. The summed E-state index contributed by atoms with van der Waals surface area (Å²) in [5, 5.41) is 5.68. The molecule has 1 aromatic carbocycles. The summed E-state index contributed by atoms with van der Waals surface area (Å²) in [5.41, 5.74) is 3.00. The first kappa shape index (κ1) is 14.1. The van der Waals surface area contributed by atoms with Gasteiger partial charge in [-0.25, -0.2) is 4.79 Å². The molecule has 4 rings (SSSR count). The fraction of sp³-hybridized carbons (Fsp3) is 0.0625. The molecular formula is C16H10N2O3S2. The lowest BCUT2D eigenvalue weighted by Crippen LogP contribution is -2.21. The van der Waals surface area contributed by atoms with Gasteiger partial charge in [-0.3, -0.25) is 10.1 Å². The summed E-state index contributed by atoms with van der Waals surface area (Å²) in [5.74, 6) is -0.490. The van der Waals surface area contributed by atoms with Gasteiger partial charge in [0.2, 0.25) is 0 Å². The first-order chi connectivity index (χ1) is 11.1. The highest BCUT2D eigenvalue weighted by molar-refractivity contribution is 7.80. The van der Waals surface area contributed by atoms with Crippen molar-refractivity contribution >= 4 is 46.6 Å². The van der Waals surface area contributed by atoms with Gasteiger partial charge in [0.05, 0.1) is 5.56 Å². The summed E-state index contributed by atoms with van der Waals surface area (Å²) in [6.45, 7) is 0.325. The monoisotopic (exact) mass is 342 g/mol. The topological polar surface area (TPSA) is 67.4 Å². The van der Waals surface area contributed by atoms with Gasteiger partial charge in [-0.15, -0.1) is 11.3 Å². The van der Waals surface area contributed by atoms with Crippen LogP contribution in [0.15, 0.2) is 36.0 Å². The summed E-state index contributed by atoms with van der Waals surface area (Å²) < 4.78 is 5.02. The molecule has 0 spiro atoms. The van der Waals surface area contributed by atoms with E-state index in [0.29, 0.717) is 23.0 Å². The highest BCUT2D eigenvalue weighted by Gasteiger charge is 2.22. The molecule has 114 valence electrons. The Bertz CT molecular complexity index is 898. The normalized spacial score (nSPS) is 17.9. The van der Waals surface area contributed by atoms with Crippen molar-refractivity contribution in [3.63, 3.8) is 0 Å². The van der Waals surface area contributed by atoms with Crippen molar-refractivity contribution in [3.8, 4) is 10.4 Å². The molecule has 1 saturated heterocycles. The number of carbonyl (C=O) groups excluding carboxylic acids is 2. The molecule has 1 fully saturated rings. The van der Waals surface area contributed by atoms with Crippen molar-refractivity contribution < 1.29 is 14.3 Å². The van der Waals surface area contributed by atoms with Crippen LogP contribution in [0.25, 0.3) is 16.5 Å². The smallest absolute Gasteiger partial charge is 0.338 e. The molecule has 0 bridgehead atoms. The van der Waals surface area contributed by atoms with Gasteiger partial charge in [0.25, 0.3) is 5.91 Å². The number of benzene rings is 1. The molecule has 0 saturated carbocycles. The molecule has 3 heterocycles. The van der Waals surface area contributed by atoms with E-state index in [1.165, 1.54) is 0 Å². The van der Waals surface area contributed by atoms with E-state index in [1.807, 2.05) is 24.3 Å². The standard InChI is InChI=1S/C16H10N2O3S2/c19-14-12(17-16(22)18-14)6-10-2-4-13(23-10)8-1-3-11-9(5-8)7-21-15(11)20/h1-6H,7H2,(H2,17,18,19,22)/b12-6+. The number of amides is 1. The minimum absolute atomic E-state index is 0.224. The van der Waals surface area contributed by atoms with Crippen LogP contribution in [0.3, 0.4) is 0 Å². The van der Waals surface area contributed by atoms with Crippen LogP contribution >= 0.6 is 23.6 Å². The molecule has 2 aromatic rings. The molecule has 1 aromatic heterocycles. The van der Waals surface area contributed by atoms with Crippen LogP contribution in [0.5, 0.6) is 0 Å². The summed E-state index contributed by atoms with van der Waals surface area (Å²) >= 11 is 6.46. The Kier molecular flexibility index (Phi) is 3.24. The zero-order valence-corrected chi connectivity index (χ0v) is 13.3. The van der Waals surface area contributed by atoms with E-state index in [2.05, 4.69) is 10.6 Å². The molecular weight excluding hydrogens is 332 g/mol. The highest BCUT2D eigenvalue weighted by Crippen LogP contribution is 2.32. The molecule has 2 aliphatic rings. The lowest BCUT2D eigenvalue weighted by atomic mass is 10.1. The Labute approximate surface area is 141 Å². The first-order valence-corrected chi connectivity index (χ1v) is 8.07. The van der Waals surface area contributed by atoms with Crippen molar-refractivity contribution in [1.29, 1.82) is 0 Å². The van der Waals surface area contributed by atoms with Gasteiger partial charge in [0, 0.05) is 15.3 Å². The second-order valence-electron chi connectivity index (χ2n) is 5.12. The van der Waals surface area contributed by atoms with Crippen molar-refractivity contribution in [2.75, 3.05) is 0 Å². The number of thiophene rings is 1. The second-order valence-corrected chi connectivity index (χ2v) is 6.64. The maximum atomic E-state index is 11.7. The van der Waals surface area contributed by atoms with E-state index in [9.17, 15) is 9.59 Å². The number of thiocarbonyl (C=S) groups is 1. The molecule has 2 aliphatic heterocycles. The zero-order chi connectivity index (χ0) is 16.0. The zero-order valence-electron chi connectivity index (χ0n) is 11.7. The van der Waals surface area contributed by atoms with Gasteiger partial charge in [-0.05, 0) is 48.1 Å². The summed E-state index contributed by atoms with van der Waals surface area (Å²) in [6, 6.07) is 9.60. The van der Waals surface area contributed by atoms with E-state index >= 15 is 0 Å². The Morgan fingerprint density at radius 2 is 2.04 bits per heavy atom. The predicted molar refractivity (Wildman–Crippen MR) is 90.7 cm³/mol. The van der Waals surface area contributed by atoms with Crippen LogP contribution in [0, 0.1) is 0 Å². The number of rotatable bonds is 2. The largest absolute Gasteiger partial charge is 0.457 e. The number of hydrogen-bond donors (Lipinski definition) is 2. The minimum atomic E-state index is -0.266. The molecule has 0 radical (unpaired) electrons. The number of carbonyl (C=O) groups is 2. The van der Waals surface area contributed by atoms with Gasteiger partial charge in [-0.2, -0.15) is 0 Å². The third kappa shape index (κ3) is 2.54. The molecule has 0 atom stereocenters. The Morgan fingerprint density at radius 3 is 2.83 bits per heavy atom. The van der Waals surface area contributed by atoms with Crippen molar-refractivity contribution in [2.45, 2.75) is 6.61 Å². The lowest BCUT2D eigenvalue weighted by molar-refractivity contribution is -0.115. The van der Waals surface area contributed by atoms with E-state index in [-0.39, 0.29) is 11.9 Å². The summed E-state index contributed by atoms with van der Waals surface area (Å²) in [7, 11) is 0. The number of ether oxygens (including phenoxy) is 1. The fourth-order valence-corrected chi connectivity index (χ4v) is 3.65. The number of nitrogens with one attached hydrogen (secondary N) is 2. The van der Waals surface area contributed by atoms with Crippen LogP contribution < -0.4 is 10.6 Å². The van der Waals surface area contributed by atoms with Crippen molar-refractivity contribution in [3.05, 3.63) is 52.0 Å². The van der Waals surface area contributed by atoms with Crippen LogP contribution in [0.2, 0.25) is 0 Å². The molecule has 23 heavy (non-hydrogen) atoms. The lowest BCUT2D eigenvalue weighted by Gasteiger charge is -1.99. The number of hydrogen-bond acceptors (Lipinski definition) is 5. The third-order valence-corrected chi connectivity index (χ3v) is 4.89. The van der Waals surface area contributed by atoms with Crippen LogP contribution in [0.1, 0.15) is 20.8 Å². The summed E-state index contributed by atoms with van der Waals surface area (Å²) in [4.78, 5) is 25.1. The number of cyclic esters (lactones) is 1. The van der Waals surface area contributed by atoms with E-state index in [1.54, 1.807) is 23.5 Å². The quantitative estimate of drug-likeness (QED) is 0.498. The Morgan fingerprint density at radius 1 is 1.17 bits per heavy atom. The maximum absolute atomic E-state index is 11.7. The Hall–Kier alpha value is -2.51. The van der Waals surface area contributed by atoms with Crippen LogP contribution in [-0.4, -0.2) is 17.0 Å². The van der Waals surface area contributed by atoms with E-state index < -0.39 is 0 Å². The molecule has 1 amide bonds. The molecule has 5 nitrogen and oxygen atoms in total. The van der Waals surface area contributed by atoms with Gasteiger partial charge < -0.3 is 10.1 Å². The van der Waals surface area contributed by atoms with Gasteiger partial charge in [0.1, 0.15) is 12.3 Å². The van der Waals surface area contributed by atoms with E-state index in [4.69, 9.17) is 17.0 Å². The average molecular weight is 342 g/mol.